The van der Waals surface area contributed by atoms with Crippen LogP contribution in [0.5, 0.6) is 11.5 Å². The fraction of sp³-hybridized carbons (Fsp3) is 0.531. The molecule has 0 aliphatic carbocycles. The van der Waals surface area contributed by atoms with Crippen LogP contribution >= 0.6 is 8.53 Å². The lowest BCUT2D eigenvalue weighted by Crippen LogP contribution is -2.49. The molecule has 5 atom stereocenters. The number of ether oxygens (including phenoxy) is 5. The Labute approximate surface area is 387 Å². The molecule has 1 N–H and O–H groups in total. The second-order valence-electron chi connectivity index (χ2n) is 17.7. The Kier molecular flexibility index (Phi) is 18.7. The van der Waals surface area contributed by atoms with Gasteiger partial charge in [0.15, 0.2) is 6.23 Å². The van der Waals surface area contributed by atoms with Gasteiger partial charge in [-0.1, -0.05) is 96.1 Å². The summed E-state index contributed by atoms with van der Waals surface area (Å²) in [5.74, 6) is 1.36. The van der Waals surface area contributed by atoms with Crippen LogP contribution < -0.4 is 20.7 Å². The fourth-order valence-electron chi connectivity index (χ4n) is 9.39. The molecule has 5 rings (SSSR count). The highest BCUT2D eigenvalue weighted by atomic mass is 31.2. The summed E-state index contributed by atoms with van der Waals surface area (Å²) in [4.78, 5) is 28.6. The van der Waals surface area contributed by atoms with Gasteiger partial charge in [0.2, 0.25) is 8.32 Å². The van der Waals surface area contributed by atoms with Gasteiger partial charge in [0.1, 0.15) is 42.2 Å². The van der Waals surface area contributed by atoms with Gasteiger partial charge in [0.05, 0.1) is 39.9 Å². The van der Waals surface area contributed by atoms with Crippen LogP contribution in [-0.2, 0) is 33.3 Å². The number of nitrogens with one attached hydrogen (secondary N) is 1. The van der Waals surface area contributed by atoms with E-state index in [0.717, 1.165) is 16.7 Å². The summed E-state index contributed by atoms with van der Waals surface area (Å²) in [7, 11) is -1.07. The molecule has 1 saturated heterocycles. The summed E-state index contributed by atoms with van der Waals surface area (Å²) >= 11 is 0. The molecule has 0 spiro atoms. The van der Waals surface area contributed by atoms with Crippen molar-refractivity contribution < 1.29 is 37.2 Å². The van der Waals surface area contributed by atoms with Crippen LogP contribution in [-0.4, -0.2) is 87.2 Å². The van der Waals surface area contributed by atoms with Gasteiger partial charge < -0.3 is 37.2 Å². The van der Waals surface area contributed by atoms with Gasteiger partial charge in [0.25, 0.3) is 14.1 Å². The molecule has 1 aliphatic rings. The van der Waals surface area contributed by atoms with Crippen molar-refractivity contribution in [3.63, 3.8) is 0 Å². The van der Waals surface area contributed by atoms with Crippen molar-refractivity contribution in [2.45, 2.75) is 135 Å². The second kappa shape index (κ2) is 23.5. The molecule has 0 bridgehead atoms. The number of hydrogen-bond acceptors (Lipinski definition) is 12. The average molecular weight is 933 g/mol. The van der Waals surface area contributed by atoms with Crippen molar-refractivity contribution in [3.05, 3.63) is 129 Å². The molecule has 354 valence electrons. The summed E-state index contributed by atoms with van der Waals surface area (Å²) in [5, 5.41) is 9.56. The first-order valence-electron chi connectivity index (χ1n) is 22.5. The minimum Gasteiger partial charge on any atom is -0.497 e. The van der Waals surface area contributed by atoms with Crippen LogP contribution in [0.25, 0.3) is 0 Å². The van der Waals surface area contributed by atoms with Crippen molar-refractivity contribution in [3.8, 4) is 17.6 Å². The maximum atomic E-state index is 13.7. The fourth-order valence-corrected chi connectivity index (χ4v) is 16.4. The first-order valence-corrected chi connectivity index (χ1v) is 25.8. The third-order valence-electron chi connectivity index (χ3n) is 12.2. The third-order valence-corrected chi connectivity index (χ3v) is 20.4. The molecular formula is C49H69N4O10PSi. The van der Waals surface area contributed by atoms with E-state index in [4.69, 9.17) is 37.2 Å². The zero-order chi connectivity index (χ0) is 47.5. The summed E-state index contributed by atoms with van der Waals surface area (Å²) in [6.07, 6.45) is -2.38. The van der Waals surface area contributed by atoms with Crippen LogP contribution in [0.15, 0.2) is 101 Å². The van der Waals surface area contributed by atoms with E-state index in [2.05, 4.69) is 85.0 Å². The summed E-state index contributed by atoms with van der Waals surface area (Å²) in [6.45, 7) is 21.4. The smallest absolute Gasteiger partial charge is 0.330 e. The minimum absolute atomic E-state index is 0.0221. The first-order chi connectivity index (χ1) is 31.0. The Hall–Kier alpha value is -4.20. The number of nitrogens with zero attached hydrogens (tertiary/aromatic N) is 3. The summed E-state index contributed by atoms with van der Waals surface area (Å²) in [5.41, 5.74) is 0.807. The van der Waals surface area contributed by atoms with E-state index in [-0.39, 0.29) is 55.1 Å². The Morgan fingerprint density at radius 1 is 0.785 bits per heavy atom. The average Bonchev–Trinajstić information content (AvgIpc) is 3.61. The molecule has 1 fully saturated rings. The van der Waals surface area contributed by atoms with Crippen molar-refractivity contribution in [2.24, 2.45) is 0 Å². The van der Waals surface area contributed by atoms with Crippen LogP contribution in [0.1, 0.15) is 98.6 Å². The maximum Gasteiger partial charge on any atom is 0.330 e. The number of methoxy groups -OCH3 is 2. The van der Waals surface area contributed by atoms with Crippen molar-refractivity contribution in [1.82, 2.24) is 14.2 Å². The monoisotopic (exact) mass is 932 g/mol. The lowest BCUT2D eigenvalue weighted by atomic mass is 9.80. The van der Waals surface area contributed by atoms with Gasteiger partial charge in [-0.2, -0.15) is 5.26 Å². The van der Waals surface area contributed by atoms with Gasteiger partial charge in [-0.05, 0) is 85.3 Å². The largest absolute Gasteiger partial charge is 0.497 e. The van der Waals surface area contributed by atoms with Gasteiger partial charge >= 0.3 is 5.69 Å². The Morgan fingerprint density at radius 3 is 1.80 bits per heavy atom. The molecule has 1 aliphatic heterocycles. The van der Waals surface area contributed by atoms with E-state index in [1.165, 1.54) is 16.8 Å². The van der Waals surface area contributed by atoms with Gasteiger partial charge in [-0.25, -0.2) is 9.46 Å². The normalized spacial score (nSPS) is 18.6. The molecule has 14 nitrogen and oxygen atoms in total. The maximum absolute atomic E-state index is 13.7. The molecule has 4 aromatic rings. The number of aromatic nitrogens is 2. The lowest BCUT2D eigenvalue weighted by molar-refractivity contribution is -0.116. The quantitative estimate of drug-likeness (QED) is 0.0234. The standard InChI is InChI=1S/C49H69N4O10PSi/c1-33(2)53(34(3)4)64(60-30-16-28-50)63-45-43(62-47(52-29-27-44(54)51-48(52)55)46(45)58-32-61-65(35(5)6,36(7)8)37(9)10)31-59-49(38-17-14-13-15-18-38,39-19-23-41(56-11)24-20-39)40-21-25-42(57-12)26-22-40/h13-15,17-27,29,33-37,43,45-47H,16,30-32H2,1-12H3,(H,51,54,55)/t43-,45?,46+,47-,64?/m1/s1. The molecule has 1 aromatic heterocycles. The molecule has 0 saturated carbocycles. The molecule has 65 heavy (non-hydrogen) atoms. The second-order valence-corrected chi connectivity index (χ2v) is 24.6. The van der Waals surface area contributed by atoms with Crippen molar-refractivity contribution >= 4 is 16.8 Å². The number of hydrogen-bond donors (Lipinski definition) is 1. The Bertz CT molecular complexity index is 2150. The van der Waals surface area contributed by atoms with Crippen molar-refractivity contribution in [2.75, 3.05) is 34.2 Å². The number of H-pyrrole nitrogens is 1. The molecule has 2 heterocycles. The van der Waals surface area contributed by atoms with E-state index in [1.54, 1.807) is 14.2 Å². The predicted octanol–water partition coefficient (Wildman–Crippen LogP) is 9.66. The highest BCUT2D eigenvalue weighted by Gasteiger charge is 2.53. The molecule has 2 unspecified atom stereocenters. The number of nitriles is 1. The topological polar surface area (TPSA) is 156 Å². The molecule has 0 amide bonds. The number of rotatable bonds is 24. The molecular weight excluding hydrogens is 864 g/mol. The van der Waals surface area contributed by atoms with Gasteiger partial charge in [-0.15, -0.1) is 0 Å². The van der Waals surface area contributed by atoms with Gasteiger partial charge in [0, 0.05) is 24.3 Å². The van der Waals surface area contributed by atoms with Crippen LogP contribution in [0.4, 0.5) is 0 Å². The van der Waals surface area contributed by atoms with Crippen LogP contribution in [0.3, 0.4) is 0 Å². The predicted molar refractivity (Wildman–Crippen MR) is 255 cm³/mol. The Balaban J connectivity index is 1.71. The summed E-state index contributed by atoms with van der Waals surface area (Å²) in [6, 6.07) is 28.8. The van der Waals surface area contributed by atoms with E-state index in [1.807, 2.05) is 78.9 Å². The number of aromatic amines is 1. The lowest BCUT2D eigenvalue weighted by Gasteiger charge is -2.42. The van der Waals surface area contributed by atoms with E-state index >= 15 is 0 Å². The minimum atomic E-state index is -2.45. The third kappa shape index (κ3) is 11.7. The SMILES string of the molecule is COc1ccc(C(OC[C@H]2O[C@@H](n3ccc(=O)[nH]c3=O)[C@@H](OCO[Si](C(C)C)(C(C)C)C(C)C)C2OP(OCCC#N)N(C(C)C)C(C)C)(c2ccccc2)c2ccc(OC)cc2)cc1. The van der Waals surface area contributed by atoms with Crippen LogP contribution in [0.2, 0.25) is 16.6 Å². The van der Waals surface area contributed by atoms with E-state index in [9.17, 15) is 14.9 Å². The molecule has 3 aromatic carbocycles. The highest BCUT2D eigenvalue weighted by molar-refractivity contribution is 7.44. The van der Waals surface area contributed by atoms with E-state index < -0.39 is 58.2 Å². The van der Waals surface area contributed by atoms with Crippen molar-refractivity contribution in [1.29, 1.82) is 5.26 Å². The Morgan fingerprint density at radius 2 is 1.32 bits per heavy atom. The highest BCUT2D eigenvalue weighted by Crippen LogP contribution is 2.52. The molecule has 0 radical (unpaired) electrons. The first kappa shape index (κ1) is 51.8. The number of benzene rings is 3. The summed E-state index contributed by atoms with van der Waals surface area (Å²) < 4.78 is 56.6. The molecule has 16 heteroatoms. The zero-order valence-electron chi connectivity index (χ0n) is 40.1. The van der Waals surface area contributed by atoms with Crippen LogP contribution in [0, 0.1) is 11.3 Å². The van der Waals surface area contributed by atoms with E-state index in [0.29, 0.717) is 11.5 Å². The zero-order valence-corrected chi connectivity index (χ0v) is 42.0. The van der Waals surface area contributed by atoms with Gasteiger partial charge in [-0.3, -0.25) is 14.3 Å².